The summed E-state index contributed by atoms with van der Waals surface area (Å²) in [4.78, 5) is 4.06. The number of benzene rings is 1. The normalized spacial score (nSPS) is 10.7. The van der Waals surface area contributed by atoms with Gasteiger partial charge < -0.3 is 5.32 Å². The topological polar surface area (TPSA) is 94.9 Å². The first-order valence-corrected chi connectivity index (χ1v) is 7.66. The van der Waals surface area contributed by atoms with Gasteiger partial charge in [0.25, 0.3) is 10.0 Å². The summed E-state index contributed by atoms with van der Waals surface area (Å²) < 4.78 is 26.8. The van der Waals surface area contributed by atoms with Crippen LogP contribution in [0.25, 0.3) is 0 Å². The van der Waals surface area contributed by atoms with Crippen LogP contribution < -0.4 is 10.0 Å². The Morgan fingerprint density at radius 1 is 1.19 bits per heavy atom. The van der Waals surface area contributed by atoms with Crippen molar-refractivity contribution in [3.8, 4) is 6.07 Å². The Labute approximate surface area is 123 Å². The molecule has 0 bridgehead atoms. The van der Waals surface area contributed by atoms with E-state index in [1.165, 1.54) is 12.3 Å². The molecule has 0 amide bonds. The van der Waals surface area contributed by atoms with Gasteiger partial charge in [-0.25, -0.2) is 13.4 Å². The van der Waals surface area contributed by atoms with E-state index in [-0.39, 0.29) is 4.90 Å². The highest BCUT2D eigenvalue weighted by molar-refractivity contribution is 7.92. The molecule has 0 unspecified atom stereocenters. The van der Waals surface area contributed by atoms with Crippen LogP contribution >= 0.6 is 0 Å². The van der Waals surface area contributed by atoms with Gasteiger partial charge in [-0.1, -0.05) is 12.1 Å². The SMILES string of the molecule is CNc1ccc(S(=O)(=O)Nc2ccc(CC#N)cc2)cn1. The van der Waals surface area contributed by atoms with E-state index in [4.69, 9.17) is 5.26 Å². The average molecular weight is 302 g/mol. The summed E-state index contributed by atoms with van der Waals surface area (Å²) in [6.45, 7) is 0. The number of hydrogen-bond acceptors (Lipinski definition) is 5. The third kappa shape index (κ3) is 3.70. The predicted molar refractivity (Wildman–Crippen MR) is 80.4 cm³/mol. The van der Waals surface area contributed by atoms with Crippen LogP contribution in [0.1, 0.15) is 5.56 Å². The van der Waals surface area contributed by atoms with Crippen molar-refractivity contribution >= 4 is 21.5 Å². The molecular formula is C14H14N4O2S. The van der Waals surface area contributed by atoms with Gasteiger partial charge in [-0.3, -0.25) is 4.72 Å². The van der Waals surface area contributed by atoms with E-state index in [2.05, 4.69) is 15.0 Å². The van der Waals surface area contributed by atoms with Crippen LogP contribution in [0.2, 0.25) is 0 Å². The molecular weight excluding hydrogens is 288 g/mol. The fraction of sp³-hybridized carbons (Fsp3) is 0.143. The minimum atomic E-state index is -3.67. The summed E-state index contributed by atoms with van der Waals surface area (Å²) in [6, 6.07) is 11.8. The Bertz CT molecular complexity index is 747. The molecule has 0 aliphatic carbocycles. The molecule has 2 aromatic rings. The lowest BCUT2D eigenvalue weighted by molar-refractivity contribution is 0.601. The van der Waals surface area contributed by atoms with Crippen LogP contribution in [0.4, 0.5) is 11.5 Å². The lowest BCUT2D eigenvalue weighted by atomic mass is 10.1. The van der Waals surface area contributed by atoms with Gasteiger partial charge in [-0.05, 0) is 29.8 Å². The van der Waals surface area contributed by atoms with E-state index in [1.807, 2.05) is 6.07 Å². The summed E-state index contributed by atoms with van der Waals surface area (Å²) in [6.07, 6.45) is 1.58. The Morgan fingerprint density at radius 3 is 2.43 bits per heavy atom. The molecule has 0 aliphatic rings. The van der Waals surface area contributed by atoms with Gasteiger partial charge in [-0.2, -0.15) is 5.26 Å². The molecule has 0 saturated heterocycles. The van der Waals surface area contributed by atoms with Crippen LogP contribution in [-0.4, -0.2) is 20.4 Å². The maximum atomic E-state index is 12.2. The maximum Gasteiger partial charge on any atom is 0.263 e. The van der Waals surface area contributed by atoms with E-state index in [0.29, 0.717) is 17.9 Å². The zero-order valence-corrected chi connectivity index (χ0v) is 12.2. The van der Waals surface area contributed by atoms with Crippen molar-refractivity contribution in [2.45, 2.75) is 11.3 Å². The van der Waals surface area contributed by atoms with E-state index in [1.54, 1.807) is 37.4 Å². The van der Waals surface area contributed by atoms with Gasteiger partial charge in [0, 0.05) is 18.9 Å². The molecule has 108 valence electrons. The molecule has 1 aromatic heterocycles. The average Bonchev–Trinajstić information content (AvgIpc) is 2.49. The zero-order valence-electron chi connectivity index (χ0n) is 11.4. The van der Waals surface area contributed by atoms with E-state index < -0.39 is 10.0 Å². The first kappa shape index (κ1) is 14.8. The molecule has 6 nitrogen and oxygen atoms in total. The van der Waals surface area contributed by atoms with Gasteiger partial charge in [0.1, 0.15) is 10.7 Å². The lowest BCUT2D eigenvalue weighted by Gasteiger charge is -2.08. The van der Waals surface area contributed by atoms with Gasteiger partial charge >= 0.3 is 0 Å². The molecule has 21 heavy (non-hydrogen) atoms. The van der Waals surface area contributed by atoms with Gasteiger partial charge in [-0.15, -0.1) is 0 Å². The molecule has 1 heterocycles. The fourth-order valence-corrected chi connectivity index (χ4v) is 2.69. The van der Waals surface area contributed by atoms with Crippen molar-refractivity contribution < 1.29 is 8.42 Å². The molecule has 1 aromatic carbocycles. The van der Waals surface area contributed by atoms with Gasteiger partial charge in [0.15, 0.2) is 0 Å². The Balaban J connectivity index is 2.18. The standard InChI is InChI=1S/C14H14N4O2S/c1-16-14-7-6-13(10-17-14)21(19,20)18-12-4-2-11(3-5-12)8-9-15/h2-7,10,18H,8H2,1H3,(H,16,17). The molecule has 0 radical (unpaired) electrons. The summed E-state index contributed by atoms with van der Waals surface area (Å²) in [7, 11) is -1.96. The summed E-state index contributed by atoms with van der Waals surface area (Å²) in [5, 5.41) is 11.4. The van der Waals surface area contributed by atoms with Crippen LogP contribution in [0.3, 0.4) is 0 Å². The predicted octanol–water partition coefficient (Wildman–Crippen LogP) is 1.99. The summed E-state index contributed by atoms with van der Waals surface area (Å²) in [5.74, 6) is 0.592. The van der Waals surface area contributed by atoms with Crippen LogP contribution in [0, 0.1) is 11.3 Å². The highest BCUT2D eigenvalue weighted by Crippen LogP contribution is 2.17. The number of nitrogens with zero attached hydrogens (tertiary/aromatic N) is 2. The molecule has 2 N–H and O–H groups in total. The van der Waals surface area contributed by atoms with Crippen molar-refractivity contribution in [1.29, 1.82) is 5.26 Å². The van der Waals surface area contributed by atoms with Gasteiger partial charge in [0.05, 0.1) is 12.5 Å². The number of pyridine rings is 1. The molecule has 0 fully saturated rings. The number of rotatable bonds is 5. The number of anilines is 2. The second-order valence-electron chi connectivity index (χ2n) is 4.27. The zero-order chi connectivity index (χ0) is 15.3. The molecule has 0 atom stereocenters. The Kier molecular flexibility index (Phi) is 4.40. The number of hydrogen-bond donors (Lipinski definition) is 2. The summed E-state index contributed by atoms with van der Waals surface area (Å²) in [5.41, 5.74) is 1.27. The van der Waals surface area contributed by atoms with Crippen molar-refractivity contribution in [2.75, 3.05) is 17.1 Å². The minimum Gasteiger partial charge on any atom is -0.373 e. The molecule has 0 aliphatic heterocycles. The highest BCUT2D eigenvalue weighted by Gasteiger charge is 2.14. The first-order chi connectivity index (χ1) is 10.0. The first-order valence-electron chi connectivity index (χ1n) is 6.17. The smallest absolute Gasteiger partial charge is 0.263 e. The third-order valence-electron chi connectivity index (χ3n) is 2.79. The molecule has 7 heteroatoms. The quantitative estimate of drug-likeness (QED) is 0.880. The monoisotopic (exact) mass is 302 g/mol. The minimum absolute atomic E-state index is 0.0857. The fourth-order valence-electron chi connectivity index (χ4n) is 1.68. The van der Waals surface area contributed by atoms with Crippen molar-refractivity contribution in [3.63, 3.8) is 0 Å². The van der Waals surface area contributed by atoms with Crippen molar-refractivity contribution in [2.24, 2.45) is 0 Å². The van der Waals surface area contributed by atoms with Crippen molar-refractivity contribution in [3.05, 3.63) is 48.2 Å². The van der Waals surface area contributed by atoms with Gasteiger partial charge in [0.2, 0.25) is 0 Å². The number of nitrogens with one attached hydrogen (secondary N) is 2. The highest BCUT2D eigenvalue weighted by atomic mass is 32.2. The number of aromatic nitrogens is 1. The molecule has 2 rings (SSSR count). The molecule has 0 spiro atoms. The van der Waals surface area contributed by atoms with E-state index in [9.17, 15) is 8.42 Å². The van der Waals surface area contributed by atoms with Crippen LogP contribution in [0.5, 0.6) is 0 Å². The van der Waals surface area contributed by atoms with Crippen LogP contribution in [0.15, 0.2) is 47.5 Å². The Hall–Kier alpha value is -2.59. The van der Waals surface area contributed by atoms with Crippen molar-refractivity contribution in [1.82, 2.24) is 4.98 Å². The van der Waals surface area contributed by atoms with E-state index >= 15 is 0 Å². The largest absolute Gasteiger partial charge is 0.373 e. The second kappa shape index (κ2) is 6.24. The lowest BCUT2D eigenvalue weighted by Crippen LogP contribution is -2.13. The van der Waals surface area contributed by atoms with E-state index in [0.717, 1.165) is 5.56 Å². The Morgan fingerprint density at radius 2 is 1.90 bits per heavy atom. The molecule has 0 saturated carbocycles. The number of sulfonamides is 1. The van der Waals surface area contributed by atoms with Crippen LogP contribution in [-0.2, 0) is 16.4 Å². The maximum absolute atomic E-state index is 12.2. The summed E-state index contributed by atoms with van der Waals surface area (Å²) >= 11 is 0. The third-order valence-corrected chi connectivity index (χ3v) is 4.16. The number of nitriles is 1. The second-order valence-corrected chi connectivity index (χ2v) is 5.95.